The molecule has 0 heterocycles. The molecule has 0 spiro atoms. The van der Waals surface area contributed by atoms with Crippen LogP contribution in [0.15, 0.2) is 0 Å². The van der Waals surface area contributed by atoms with Crippen molar-refractivity contribution in [1.82, 2.24) is 0 Å². The fraction of sp³-hybridized carbons (Fsp3) is 1.00. The minimum absolute atomic E-state index is 0.852. The first-order valence-corrected chi connectivity index (χ1v) is 12.0. The van der Waals surface area contributed by atoms with Gasteiger partial charge in [0.1, 0.15) is 0 Å². The summed E-state index contributed by atoms with van der Waals surface area (Å²) in [6.07, 6.45) is 3.94. The molecule has 0 heteroatoms. The number of rotatable bonds is 4. The van der Waals surface area contributed by atoms with Crippen LogP contribution in [0.3, 0.4) is 0 Å². The topological polar surface area (TPSA) is 0 Å². The Morgan fingerprint density at radius 3 is 0.640 bits per heavy atom. The lowest BCUT2D eigenvalue weighted by molar-refractivity contribution is 0.262. The van der Waals surface area contributed by atoms with Crippen molar-refractivity contribution < 1.29 is 0 Å². The largest absolute Gasteiger partial charge is 0.0683 e. The molecule has 1 unspecified atom stereocenters. The van der Waals surface area contributed by atoms with Gasteiger partial charge in [-0.3, -0.25) is 0 Å². The molecular formula is C25H66. The standard InChI is InChI=1S/C10H22.C3H8.6C2H6/c1-6-10(7-2)9(5)8(3)4;1-3-2;6*1-2/h8-10H,6-7H2,1-5H3;3H2,1-2H3;6*1-2H3. The second-order valence-electron chi connectivity index (χ2n) is 4.39. The Hall–Kier alpha value is 0. The predicted molar refractivity (Wildman–Crippen MR) is 132 cm³/mol. The Balaban J connectivity index is -0.0000000270. The zero-order chi connectivity index (χ0) is 22.9. The first-order chi connectivity index (χ1) is 12.0. The van der Waals surface area contributed by atoms with Crippen LogP contribution in [0, 0.1) is 17.8 Å². The maximum atomic E-state index is 2.38. The van der Waals surface area contributed by atoms with E-state index >= 15 is 0 Å². The van der Waals surface area contributed by atoms with E-state index in [1.165, 1.54) is 19.3 Å². The predicted octanol–water partition coefficient (Wildman–Crippen LogP) is 11.3. The van der Waals surface area contributed by atoms with Crippen LogP contribution < -0.4 is 0 Å². The smallest absolute Gasteiger partial charge is 0.0391 e. The molecule has 0 saturated heterocycles. The van der Waals surface area contributed by atoms with Gasteiger partial charge in [0, 0.05) is 0 Å². The van der Waals surface area contributed by atoms with Crippen LogP contribution in [-0.2, 0) is 0 Å². The monoisotopic (exact) mass is 367 g/mol. The Kier molecular flexibility index (Phi) is 176. The Labute approximate surface area is 169 Å². The third-order valence-electron chi connectivity index (χ3n) is 2.84. The molecule has 0 bridgehead atoms. The highest BCUT2D eigenvalue weighted by Crippen LogP contribution is 2.25. The van der Waals surface area contributed by atoms with E-state index in [9.17, 15) is 0 Å². The van der Waals surface area contributed by atoms with Crippen molar-refractivity contribution in [3.05, 3.63) is 0 Å². The fourth-order valence-electron chi connectivity index (χ4n) is 1.58. The van der Waals surface area contributed by atoms with E-state index in [-0.39, 0.29) is 0 Å². The van der Waals surface area contributed by atoms with Gasteiger partial charge >= 0.3 is 0 Å². The SMILES string of the molecule is CC.CC.CC.CC.CC.CC.CCC.CCC(CC)C(C)C(C)C. The highest BCUT2D eigenvalue weighted by Gasteiger charge is 2.15. The molecule has 25 heavy (non-hydrogen) atoms. The van der Waals surface area contributed by atoms with Gasteiger partial charge in [0.05, 0.1) is 0 Å². The van der Waals surface area contributed by atoms with Crippen molar-refractivity contribution >= 4 is 0 Å². The van der Waals surface area contributed by atoms with Gasteiger partial charge in [-0.25, -0.2) is 0 Å². The molecule has 0 aliphatic rings. The maximum absolute atomic E-state index is 2.38. The molecule has 0 aliphatic carbocycles. The summed E-state index contributed by atoms with van der Waals surface area (Å²) in [6, 6.07) is 0. The van der Waals surface area contributed by atoms with E-state index in [0.29, 0.717) is 0 Å². The zero-order valence-electron chi connectivity index (χ0n) is 22.9. The minimum Gasteiger partial charge on any atom is -0.0683 e. The molecular weight excluding hydrogens is 300 g/mol. The molecule has 0 fully saturated rings. The van der Waals surface area contributed by atoms with E-state index < -0.39 is 0 Å². The third kappa shape index (κ3) is 80.7. The summed E-state index contributed by atoms with van der Waals surface area (Å²) in [5, 5.41) is 0. The van der Waals surface area contributed by atoms with Gasteiger partial charge in [-0.2, -0.15) is 0 Å². The van der Waals surface area contributed by atoms with E-state index in [4.69, 9.17) is 0 Å². The molecule has 1 atom stereocenters. The fourth-order valence-corrected chi connectivity index (χ4v) is 1.58. The van der Waals surface area contributed by atoms with Crippen LogP contribution in [0.1, 0.15) is 151 Å². The average Bonchev–Trinajstić information content (AvgIpc) is 2.72. The van der Waals surface area contributed by atoms with Gasteiger partial charge < -0.3 is 0 Å². The molecule has 0 aromatic carbocycles. The van der Waals surface area contributed by atoms with Crippen LogP contribution in [0.4, 0.5) is 0 Å². The van der Waals surface area contributed by atoms with Crippen LogP contribution in [0.25, 0.3) is 0 Å². The van der Waals surface area contributed by atoms with Crippen LogP contribution in [0.2, 0.25) is 0 Å². The first kappa shape index (κ1) is 49.8. The van der Waals surface area contributed by atoms with Gasteiger partial charge in [-0.1, -0.05) is 151 Å². The zero-order valence-corrected chi connectivity index (χ0v) is 22.9. The van der Waals surface area contributed by atoms with Crippen molar-refractivity contribution in [3.8, 4) is 0 Å². The second kappa shape index (κ2) is 88.2. The van der Waals surface area contributed by atoms with Crippen molar-refractivity contribution in [1.29, 1.82) is 0 Å². The van der Waals surface area contributed by atoms with E-state index in [2.05, 4.69) is 48.5 Å². The minimum atomic E-state index is 0.852. The Bertz CT molecular complexity index is 80.0. The van der Waals surface area contributed by atoms with E-state index in [1.807, 2.05) is 83.1 Å². The summed E-state index contributed by atoms with van der Waals surface area (Å²) in [4.78, 5) is 0. The van der Waals surface area contributed by atoms with Crippen LogP contribution in [-0.4, -0.2) is 0 Å². The molecule has 0 radical (unpaired) electrons. The molecule has 0 nitrogen and oxygen atoms in total. The van der Waals surface area contributed by atoms with Crippen molar-refractivity contribution in [2.75, 3.05) is 0 Å². The summed E-state index contributed by atoms with van der Waals surface area (Å²) in [5.74, 6) is 2.69. The lowest BCUT2D eigenvalue weighted by Gasteiger charge is -2.24. The van der Waals surface area contributed by atoms with Gasteiger partial charge in [-0.15, -0.1) is 0 Å². The molecule has 0 amide bonds. The molecule has 0 N–H and O–H groups in total. The summed E-state index contributed by atoms with van der Waals surface area (Å²) < 4.78 is 0. The Morgan fingerprint density at radius 2 is 0.600 bits per heavy atom. The van der Waals surface area contributed by atoms with Crippen LogP contribution in [0.5, 0.6) is 0 Å². The lowest BCUT2D eigenvalue weighted by Crippen LogP contribution is -2.15. The number of hydrogen-bond donors (Lipinski definition) is 0. The maximum Gasteiger partial charge on any atom is -0.0391 e. The van der Waals surface area contributed by atoms with Gasteiger partial charge in [0.15, 0.2) is 0 Å². The van der Waals surface area contributed by atoms with Gasteiger partial charge in [-0.05, 0) is 17.8 Å². The normalized spacial score (nSPS) is 8.04. The lowest BCUT2D eigenvalue weighted by atomic mass is 9.82. The quantitative estimate of drug-likeness (QED) is 0.464. The Morgan fingerprint density at radius 1 is 0.440 bits per heavy atom. The molecule has 166 valence electrons. The first-order valence-electron chi connectivity index (χ1n) is 12.0. The van der Waals surface area contributed by atoms with E-state index in [0.717, 1.165) is 17.8 Å². The molecule has 0 aromatic rings. The van der Waals surface area contributed by atoms with Crippen LogP contribution >= 0.6 is 0 Å². The van der Waals surface area contributed by atoms with Crippen molar-refractivity contribution in [2.24, 2.45) is 17.8 Å². The van der Waals surface area contributed by atoms with Crippen molar-refractivity contribution in [2.45, 2.75) is 151 Å². The van der Waals surface area contributed by atoms with E-state index in [1.54, 1.807) is 0 Å². The third-order valence-corrected chi connectivity index (χ3v) is 2.84. The summed E-state index contributed by atoms with van der Waals surface area (Å²) in [7, 11) is 0. The highest BCUT2D eigenvalue weighted by atomic mass is 14.2. The van der Waals surface area contributed by atoms with Crippen molar-refractivity contribution in [3.63, 3.8) is 0 Å². The molecule has 0 saturated carbocycles. The molecule has 0 aliphatic heterocycles. The average molecular weight is 367 g/mol. The van der Waals surface area contributed by atoms with Gasteiger partial charge in [0.25, 0.3) is 0 Å². The van der Waals surface area contributed by atoms with Gasteiger partial charge in [0.2, 0.25) is 0 Å². The summed E-state index contributed by atoms with van der Waals surface area (Å²) >= 11 is 0. The highest BCUT2D eigenvalue weighted by molar-refractivity contribution is 4.66. The molecule has 0 aromatic heterocycles. The second-order valence-corrected chi connectivity index (χ2v) is 4.39. The number of hydrogen-bond acceptors (Lipinski definition) is 0. The summed E-state index contributed by atoms with van der Waals surface area (Å²) in [6.45, 7) is 39.9. The molecule has 0 rings (SSSR count). The summed E-state index contributed by atoms with van der Waals surface area (Å²) in [5.41, 5.74) is 0.